The number of benzene rings is 2. The molecule has 122 valence electrons. The van der Waals surface area contributed by atoms with Gasteiger partial charge in [0.15, 0.2) is 0 Å². The molecule has 0 spiro atoms. The van der Waals surface area contributed by atoms with Gasteiger partial charge in [0.05, 0.1) is 0 Å². The topological polar surface area (TPSA) is 49.3 Å². The predicted octanol–water partition coefficient (Wildman–Crippen LogP) is 4.59. The third-order valence-corrected chi connectivity index (χ3v) is 3.96. The van der Waals surface area contributed by atoms with E-state index in [1.54, 1.807) is 12.1 Å². The van der Waals surface area contributed by atoms with Crippen LogP contribution in [0.5, 0.6) is 5.75 Å². The standard InChI is InChI=1S/C19H22BrNO2/c1-19(2,3)21-18(23)12-15(13-7-5-4-6-8-13)16-11-14(20)9-10-17(16)22/h4-11,15,22H,12H2,1-3H3,(H,21,23)/t15-/m1/s1. The van der Waals surface area contributed by atoms with Crippen molar-refractivity contribution in [1.29, 1.82) is 0 Å². The average molecular weight is 376 g/mol. The zero-order valence-corrected chi connectivity index (χ0v) is 15.2. The van der Waals surface area contributed by atoms with E-state index in [1.807, 2.05) is 57.2 Å². The van der Waals surface area contributed by atoms with Crippen LogP contribution in [0.1, 0.15) is 44.2 Å². The van der Waals surface area contributed by atoms with Crippen LogP contribution < -0.4 is 5.32 Å². The summed E-state index contributed by atoms with van der Waals surface area (Å²) in [5.74, 6) is -0.0348. The SMILES string of the molecule is CC(C)(C)NC(=O)C[C@H](c1ccccc1)c1cc(Br)ccc1O. The maximum absolute atomic E-state index is 12.4. The molecule has 0 aliphatic carbocycles. The summed E-state index contributed by atoms with van der Waals surface area (Å²) in [6, 6.07) is 15.1. The van der Waals surface area contributed by atoms with E-state index in [4.69, 9.17) is 0 Å². The van der Waals surface area contributed by atoms with Crippen molar-refractivity contribution >= 4 is 21.8 Å². The van der Waals surface area contributed by atoms with Gasteiger partial charge in [0, 0.05) is 27.9 Å². The van der Waals surface area contributed by atoms with Crippen molar-refractivity contribution in [3.8, 4) is 5.75 Å². The molecule has 0 saturated heterocycles. The number of carbonyl (C=O) groups excluding carboxylic acids is 1. The lowest BCUT2D eigenvalue weighted by Gasteiger charge is -2.24. The second-order valence-corrected chi connectivity index (χ2v) is 7.58. The highest BCUT2D eigenvalue weighted by molar-refractivity contribution is 9.10. The van der Waals surface area contributed by atoms with Crippen LogP contribution in [0.25, 0.3) is 0 Å². The molecule has 0 radical (unpaired) electrons. The minimum absolute atomic E-state index is 0.0364. The van der Waals surface area contributed by atoms with Gasteiger partial charge in [0.2, 0.25) is 5.91 Å². The second-order valence-electron chi connectivity index (χ2n) is 6.67. The Morgan fingerprint density at radius 2 is 1.83 bits per heavy atom. The minimum Gasteiger partial charge on any atom is -0.508 e. The number of amides is 1. The Hall–Kier alpha value is -1.81. The Morgan fingerprint density at radius 1 is 1.17 bits per heavy atom. The maximum atomic E-state index is 12.4. The number of aromatic hydroxyl groups is 1. The Kier molecular flexibility index (Phi) is 5.47. The molecule has 4 heteroatoms. The summed E-state index contributed by atoms with van der Waals surface area (Å²) >= 11 is 3.44. The summed E-state index contributed by atoms with van der Waals surface area (Å²) in [7, 11) is 0. The molecule has 2 rings (SSSR count). The van der Waals surface area contributed by atoms with Crippen LogP contribution in [-0.4, -0.2) is 16.6 Å². The molecule has 0 aliphatic rings. The summed E-state index contributed by atoms with van der Waals surface area (Å²) in [5.41, 5.74) is 1.47. The predicted molar refractivity (Wildman–Crippen MR) is 96.6 cm³/mol. The van der Waals surface area contributed by atoms with Gasteiger partial charge in [-0.15, -0.1) is 0 Å². The van der Waals surface area contributed by atoms with Gasteiger partial charge in [0.25, 0.3) is 0 Å². The molecule has 3 nitrogen and oxygen atoms in total. The van der Waals surface area contributed by atoms with E-state index in [2.05, 4.69) is 21.2 Å². The molecular formula is C19H22BrNO2. The highest BCUT2D eigenvalue weighted by Crippen LogP contribution is 2.35. The molecule has 0 unspecified atom stereocenters. The first-order valence-corrected chi connectivity index (χ1v) is 8.40. The van der Waals surface area contributed by atoms with E-state index in [9.17, 15) is 9.90 Å². The van der Waals surface area contributed by atoms with Crippen LogP contribution >= 0.6 is 15.9 Å². The molecule has 23 heavy (non-hydrogen) atoms. The molecule has 0 heterocycles. The molecule has 2 N–H and O–H groups in total. The van der Waals surface area contributed by atoms with Gasteiger partial charge >= 0.3 is 0 Å². The van der Waals surface area contributed by atoms with Gasteiger partial charge in [-0.3, -0.25) is 4.79 Å². The van der Waals surface area contributed by atoms with E-state index in [0.29, 0.717) is 0 Å². The number of hydrogen-bond donors (Lipinski definition) is 2. The van der Waals surface area contributed by atoms with Crippen molar-refractivity contribution in [1.82, 2.24) is 5.32 Å². The van der Waals surface area contributed by atoms with Crippen molar-refractivity contribution in [2.24, 2.45) is 0 Å². The Bertz CT molecular complexity index is 678. The van der Waals surface area contributed by atoms with Gasteiger partial charge in [-0.25, -0.2) is 0 Å². The Labute approximate surface area is 145 Å². The smallest absolute Gasteiger partial charge is 0.221 e. The Morgan fingerprint density at radius 3 is 2.43 bits per heavy atom. The molecule has 0 fully saturated rings. The first-order chi connectivity index (χ1) is 10.8. The molecule has 0 aromatic heterocycles. The normalized spacial score (nSPS) is 12.7. The number of rotatable bonds is 4. The fourth-order valence-electron chi connectivity index (χ4n) is 2.55. The van der Waals surface area contributed by atoms with Gasteiger partial charge in [0.1, 0.15) is 5.75 Å². The molecule has 1 amide bonds. The number of phenols is 1. The quantitative estimate of drug-likeness (QED) is 0.820. The molecule has 0 bridgehead atoms. The van der Waals surface area contributed by atoms with Gasteiger partial charge in [-0.1, -0.05) is 46.3 Å². The molecule has 0 saturated carbocycles. The first-order valence-electron chi connectivity index (χ1n) is 7.60. The molecule has 2 aromatic carbocycles. The summed E-state index contributed by atoms with van der Waals surface area (Å²) in [6.07, 6.45) is 0.283. The van der Waals surface area contributed by atoms with E-state index in [-0.39, 0.29) is 29.5 Å². The van der Waals surface area contributed by atoms with E-state index < -0.39 is 0 Å². The van der Waals surface area contributed by atoms with Crippen molar-refractivity contribution in [2.45, 2.75) is 38.6 Å². The van der Waals surface area contributed by atoms with Crippen LogP contribution in [0.2, 0.25) is 0 Å². The molecule has 1 atom stereocenters. The lowest BCUT2D eigenvalue weighted by atomic mass is 9.87. The minimum atomic E-state index is -0.280. The average Bonchev–Trinajstić information content (AvgIpc) is 2.47. The van der Waals surface area contributed by atoms with Crippen LogP contribution in [-0.2, 0) is 4.79 Å². The Balaban J connectivity index is 2.37. The van der Waals surface area contributed by atoms with E-state index in [1.165, 1.54) is 0 Å². The highest BCUT2D eigenvalue weighted by Gasteiger charge is 2.23. The van der Waals surface area contributed by atoms with Gasteiger partial charge < -0.3 is 10.4 Å². The maximum Gasteiger partial charge on any atom is 0.221 e. The summed E-state index contributed by atoms with van der Waals surface area (Å²) in [5, 5.41) is 13.3. The lowest BCUT2D eigenvalue weighted by molar-refractivity contribution is -0.122. The van der Waals surface area contributed by atoms with Crippen molar-refractivity contribution in [3.63, 3.8) is 0 Å². The monoisotopic (exact) mass is 375 g/mol. The van der Waals surface area contributed by atoms with Gasteiger partial charge in [-0.2, -0.15) is 0 Å². The van der Waals surface area contributed by atoms with Crippen LogP contribution in [0.4, 0.5) is 0 Å². The molecule has 0 aliphatic heterocycles. The van der Waals surface area contributed by atoms with E-state index in [0.717, 1.165) is 15.6 Å². The zero-order valence-electron chi connectivity index (χ0n) is 13.6. The number of halogens is 1. The zero-order chi connectivity index (χ0) is 17.0. The number of phenolic OH excluding ortho intramolecular Hbond substituents is 1. The fourth-order valence-corrected chi connectivity index (χ4v) is 2.93. The lowest BCUT2D eigenvalue weighted by Crippen LogP contribution is -2.41. The third kappa shape index (κ3) is 5.10. The summed E-state index contributed by atoms with van der Waals surface area (Å²) < 4.78 is 0.877. The highest BCUT2D eigenvalue weighted by atomic mass is 79.9. The largest absolute Gasteiger partial charge is 0.508 e. The van der Waals surface area contributed by atoms with Crippen molar-refractivity contribution in [3.05, 3.63) is 64.1 Å². The number of carbonyl (C=O) groups is 1. The number of hydrogen-bond acceptors (Lipinski definition) is 2. The second kappa shape index (κ2) is 7.18. The van der Waals surface area contributed by atoms with Crippen LogP contribution in [0, 0.1) is 0 Å². The fraction of sp³-hybridized carbons (Fsp3) is 0.316. The van der Waals surface area contributed by atoms with Crippen molar-refractivity contribution in [2.75, 3.05) is 0 Å². The van der Waals surface area contributed by atoms with Crippen molar-refractivity contribution < 1.29 is 9.90 Å². The summed E-state index contributed by atoms with van der Waals surface area (Å²) in [4.78, 5) is 12.4. The number of nitrogens with one attached hydrogen (secondary N) is 1. The third-order valence-electron chi connectivity index (χ3n) is 3.47. The van der Waals surface area contributed by atoms with Crippen LogP contribution in [0.15, 0.2) is 53.0 Å². The van der Waals surface area contributed by atoms with Gasteiger partial charge in [-0.05, 0) is 44.5 Å². The summed E-state index contributed by atoms with van der Waals surface area (Å²) in [6.45, 7) is 5.87. The molecule has 2 aromatic rings. The molecular weight excluding hydrogens is 354 g/mol. The first kappa shape index (κ1) is 17.5. The van der Waals surface area contributed by atoms with E-state index >= 15 is 0 Å². The van der Waals surface area contributed by atoms with Crippen LogP contribution in [0.3, 0.4) is 0 Å².